The molecule has 0 aromatic heterocycles. The van der Waals surface area contributed by atoms with Crippen molar-refractivity contribution in [3.8, 4) is 5.75 Å². The second-order valence-corrected chi connectivity index (χ2v) is 3.78. The Labute approximate surface area is 96.1 Å². The highest BCUT2D eigenvalue weighted by atomic mass is 19.1. The van der Waals surface area contributed by atoms with Crippen LogP contribution >= 0.6 is 0 Å². The first-order valence-corrected chi connectivity index (χ1v) is 5.39. The van der Waals surface area contributed by atoms with Crippen LogP contribution in [0.3, 0.4) is 0 Å². The molecule has 0 radical (unpaired) electrons. The molecule has 3 heteroatoms. The molecule has 88 valence electrons. The van der Waals surface area contributed by atoms with Gasteiger partial charge in [0.2, 0.25) is 0 Å². The van der Waals surface area contributed by atoms with Gasteiger partial charge in [0.25, 0.3) is 0 Å². The van der Waals surface area contributed by atoms with Gasteiger partial charge >= 0.3 is 0 Å². The lowest BCUT2D eigenvalue weighted by atomic mass is 10.2. The molecule has 0 unspecified atom stereocenters. The number of nitrogens with one attached hydrogen (secondary N) is 1. The number of hydrogen-bond acceptors (Lipinski definition) is 2. The van der Waals surface area contributed by atoms with Gasteiger partial charge in [-0.3, -0.25) is 0 Å². The van der Waals surface area contributed by atoms with Crippen molar-refractivity contribution < 1.29 is 9.13 Å². The molecule has 0 saturated carbocycles. The summed E-state index contributed by atoms with van der Waals surface area (Å²) in [4.78, 5) is 0. The van der Waals surface area contributed by atoms with Gasteiger partial charge in [-0.15, -0.1) is 0 Å². The van der Waals surface area contributed by atoms with Crippen molar-refractivity contribution in [3.63, 3.8) is 0 Å². The highest BCUT2D eigenvalue weighted by molar-refractivity contribution is 5.34. The summed E-state index contributed by atoms with van der Waals surface area (Å²) in [7, 11) is 0. The molecule has 0 aliphatic rings. The summed E-state index contributed by atoms with van der Waals surface area (Å²) >= 11 is 0. The first kappa shape index (κ1) is 12.7. The minimum atomic E-state index is -0.240. The van der Waals surface area contributed by atoms with E-state index in [1.165, 1.54) is 12.1 Å². The maximum absolute atomic E-state index is 13.1. The molecular weight excluding hydrogens is 205 g/mol. The van der Waals surface area contributed by atoms with E-state index in [4.69, 9.17) is 4.74 Å². The largest absolute Gasteiger partial charge is 0.489 e. The maximum Gasteiger partial charge on any atom is 0.124 e. The van der Waals surface area contributed by atoms with Crippen molar-refractivity contribution in [3.05, 3.63) is 41.7 Å². The Balaban J connectivity index is 2.76. The smallest absolute Gasteiger partial charge is 0.124 e. The summed E-state index contributed by atoms with van der Waals surface area (Å²) in [6.45, 7) is 9.59. The van der Waals surface area contributed by atoms with Crippen LogP contribution in [0.25, 0.3) is 0 Å². The first-order valence-electron chi connectivity index (χ1n) is 5.39. The van der Waals surface area contributed by atoms with E-state index in [0.29, 0.717) is 18.9 Å². The Morgan fingerprint density at radius 3 is 2.88 bits per heavy atom. The Hall–Kier alpha value is -1.35. The second-order valence-electron chi connectivity index (χ2n) is 3.78. The lowest BCUT2D eigenvalue weighted by Gasteiger charge is -2.11. The molecule has 1 N–H and O–H groups in total. The number of benzene rings is 1. The quantitative estimate of drug-likeness (QED) is 0.749. The second kappa shape index (κ2) is 6.28. The van der Waals surface area contributed by atoms with Crippen molar-refractivity contribution in [2.24, 2.45) is 0 Å². The lowest BCUT2D eigenvalue weighted by Crippen LogP contribution is -2.13. The number of ether oxygens (including phenoxy) is 1. The van der Waals surface area contributed by atoms with E-state index in [-0.39, 0.29) is 5.82 Å². The van der Waals surface area contributed by atoms with Gasteiger partial charge in [-0.05, 0) is 37.2 Å². The molecule has 0 aliphatic heterocycles. The summed E-state index contributed by atoms with van der Waals surface area (Å²) in [5, 5.41) is 3.15. The van der Waals surface area contributed by atoms with E-state index in [1.54, 1.807) is 6.07 Å². The molecule has 0 aliphatic carbocycles. The van der Waals surface area contributed by atoms with E-state index in [9.17, 15) is 4.39 Å². The summed E-state index contributed by atoms with van der Waals surface area (Å²) in [6.07, 6.45) is 0. The topological polar surface area (TPSA) is 21.3 Å². The average Bonchev–Trinajstić information content (AvgIpc) is 2.24. The Bertz CT molecular complexity index is 363. The molecule has 0 amide bonds. The van der Waals surface area contributed by atoms with Crippen LogP contribution in [0.1, 0.15) is 19.4 Å². The van der Waals surface area contributed by atoms with Crippen LogP contribution in [0.2, 0.25) is 0 Å². The fourth-order valence-electron chi connectivity index (χ4n) is 1.29. The van der Waals surface area contributed by atoms with E-state index in [1.807, 2.05) is 13.8 Å². The number of rotatable bonds is 6. The molecule has 0 saturated heterocycles. The van der Waals surface area contributed by atoms with Gasteiger partial charge in [0, 0.05) is 12.1 Å². The SMILES string of the molecule is C=C(C)COc1ccc(F)cc1CNCC. The van der Waals surface area contributed by atoms with Crippen LogP contribution in [-0.2, 0) is 6.54 Å². The van der Waals surface area contributed by atoms with Gasteiger partial charge in [-0.1, -0.05) is 13.5 Å². The minimum Gasteiger partial charge on any atom is -0.489 e. The molecule has 1 aromatic carbocycles. The molecule has 0 bridgehead atoms. The highest BCUT2D eigenvalue weighted by Crippen LogP contribution is 2.20. The monoisotopic (exact) mass is 223 g/mol. The van der Waals surface area contributed by atoms with Crippen LogP contribution in [0.15, 0.2) is 30.4 Å². The molecule has 1 aromatic rings. The van der Waals surface area contributed by atoms with Gasteiger partial charge in [0.15, 0.2) is 0 Å². The van der Waals surface area contributed by atoms with E-state index >= 15 is 0 Å². The Morgan fingerprint density at radius 1 is 1.50 bits per heavy atom. The molecule has 2 nitrogen and oxygen atoms in total. The standard InChI is InChI=1S/C13H18FNO/c1-4-15-8-11-7-12(14)5-6-13(11)16-9-10(2)3/h5-7,15H,2,4,8-9H2,1,3H3. The molecule has 0 fully saturated rings. The summed E-state index contributed by atoms with van der Waals surface area (Å²) in [5.74, 6) is 0.473. The summed E-state index contributed by atoms with van der Waals surface area (Å²) in [5.41, 5.74) is 1.78. The van der Waals surface area contributed by atoms with Crippen LogP contribution in [-0.4, -0.2) is 13.2 Å². The fourth-order valence-corrected chi connectivity index (χ4v) is 1.29. The van der Waals surface area contributed by atoms with Crippen molar-refractivity contribution in [2.75, 3.05) is 13.2 Å². The van der Waals surface area contributed by atoms with Crippen LogP contribution in [0, 0.1) is 5.82 Å². The lowest BCUT2D eigenvalue weighted by molar-refractivity contribution is 0.347. The van der Waals surface area contributed by atoms with E-state index < -0.39 is 0 Å². The molecule has 16 heavy (non-hydrogen) atoms. The number of hydrogen-bond donors (Lipinski definition) is 1. The Kier molecular flexibility index (Phi) is 4.99. The normalized spacial score (nSPS) is 10.2. The van der Waals surface area contributed by atoms with E-state index in [0.717, 1.165) is 17.7 Å². The van der Waals surface area contributed by atoms with Crippen LogP contribution in [0.4, 0.5) is 4.39 Å². The summed E-state index contributed by atoms with van der Waals surface area (Å²) < 4.78 is 18.6. The third-order valence-electron chi connectivity index (χ3n) is 2.06. The summed E-state index contributed by atoms with van der Waals surface area (Å²) in [6, 6.07) is 4.56. The molecule has 0 atom stereocenters. The zero-order valence-corrected chi connectivity index (χ0v) is 9.85. The highest BCUT2D eigenvalue weighted by Gasteiger charge is 2.05. The predicted molar refractivity (Wildman–Crippen MR) is 64.1 cm³/mol. The van der Waals surface area contributed by atoms with Crippen molar-refractivity contribution >= 4 is 0 Å². The average molecular weight is 223 g/mol. The van der Waals surface area contributed by atoms with Gasteiger partial charge in [-0.2, -0.15) is 0 Å². The zero-order chi connectivity index (χ0) is 12.0. The van der Waals surface area contributed by atoms with Crippen LogP contribution in [0.5, 0.6) is 5.75 Å². The van der Waals surface area contributed by atoms with Gasteiger partial charge in [-0.25, -0.2) is 4.39 Å². The van der Waals surface area contributed by atoms with Gasteiger partial charge in [0.05, 0.1) is 0 Å². The zero-order valence-electron chi connectivity index (χ0n) is 9.85. The third-order valence-corrected chi connectivity index (χ3v) is 2.06. The van der Waals surface area contributed by atoms with Crippen molar-refractivity contribution in [2.45, 2.75) is 20.4 Å². The fraction of sp³-hybridized carbons (Fsp3) is 0.385. The number of halogens is 1. The van der Waals surface area contributed by atoms with Crippen molar-refractivity contribution in [1.82, 2.24) is 5.32 Å². The predicted octanol–water partition coefficient (Wildman–Crippen LogP) is 2.89. The van der Waals surface area contributed by atoms with Crippen molar-refractivity contribution in [1.29, 1.82) is 0 Å². The van der Waals surface area contributed by atoms with Gasteiger partial charge in [0.1, 0.15) is 18.2 Å². The first-order chi connectivity index (χ1) is 7.63. The molecule has 0 heterocycles. The third kappa shape index (κ3) is 4.03. The Morgan fingerprint density at radius 2 is 2.25 bits per heavy atom. The minimum absolute atomic E-state index is 0.240. The maximum atomic E-state index is 13.1. The molecule has 1 rings (SSSR count). The van der Waals surface area contributed by atoms with Gasteiger partial charge < -0.3 is 10.1 Å². The van der Waals surface area contributed by atoms with E-state index in [2.05, 4.69) is 11.9 Å². The molecular formula is C13H18FNO. The molecule has 0 spiro atoms. The van der Waals surface area contributed by atoms with Crippen LogP contribution < -0.4 is 10.1 Å².